The lowest BCUT2D eigenvalue weighted by molar-refractivity contribution is -0.688. The van der Waals surface area contributed by atoms with Crippen LogP contribution >= 0.6 is 11.6 Å². The van der Waals surface area contributed by atoms with Gasteiger partial charge in [0, 0.05) is 22.7 Å². The second-order valence-corrected chi connectivity index (χ2v) is 7.22. The van der Waals surface area contributed by atoms with E-state index in [2.05, 4.69) is 15.1 Å². The molecule has 2 aromatic carbocycles. The van der Waals surface area contributed by atoms with Crippen molar-refractivity contribution in [3.8, 4) is 22.6 Å². The van der Waals surface area contributed by atoms with Crippen molar-refractivity contribution >= 4 is 22.6 Å². The fraction of sp³-hybridized carbons (Fsp3) is 0.0455. The van der Waals surface area contributed by atoms with Crippen LogP contribution < -0.4 is 4.57 Å². The number of imidazole rings is 1. The van der Waals surface area contributed by atoms with E-state index in [0.29, 0.717) is 34.1 Å². The topological polar surface area (TPSA) is 58.6 Å². The summed E-state index contributed by atoms with van der Waals surface area (Å²) < 4.78 is 34.9. The first-order valence-electron chi connectivity index (χ1n) is 9.11. The molecule has 8 heteroatoms. The molecule has 0 saturated carbocycles. The van der Waals surface area contributed by atoms with Gasteiger partial charge in [0.25, 0.3) is 0 Å². The molecule has 0 atom stereocenters. The van der Waals surface area contributed by atoms with Gasteiger partial charge in [0.15, 0.2) is 24.0 Å². The van der Waals surface area contributed by atoms with E-state index < -0.39 is 11.6 Å². The predicted octanol–water partition coefficient (Wildman–Crippen LogP) is 5.15. The lowest BCUT2D eigenvalue weighted by atomic mass is 10.1. The van der Waals surface area contributed by atoms with Crippen molar-refractivity contribution < 1.29 is 17.9 Å². The second-order valence-electron chi connectivity index (χ2n) is 6.79. The van der Waals surface area contributed by atoms with Crippen molar-refractivity contribution in [3.63, 3.8) is 0 Å². The molecule has 0 aliphatic heterocycles. The lowest BCUT2D eigenvalue weighted by Crippen LogP contribution is -2.32. The van der Waals surface area contributed by atoms with Crippen LogP contribution in [0.2, 0.25) is 5.02 Å². The largest absolute Gasteiger partial charge is 0.354 e. The molecule has 5 rings (SSSR count). The first-order chi connectivity index (χ1) is 14.6. The standard InChI is InChI=1S/C22H13ClF2N4O/c23-14-6-4-13(5-7-14)19-10-15(30-28-19)11-29-9-8-18-20(12-29)27-22(26-18)16-2-1-3-17(24)21(16)25/h1-10,12H,11H2/p+1. The summed E-state index contributed by atoms with van der Waals surface area (Å²) in [6.07, 6.45) is 3.66. The number of rotatable bonds is 4. The third-order valence-corrected chi connectivity index (χ3v) is 4.98. The zero-order valence-corrected chi connectivity index (χ0v) is 16.2. The molecule has 30 heavy (non-hydrogen) atoms. The maximum atomic E-state index is 14.1. The van der Waals surface area contributed by atoms with Crippen LogP contribution in [-0.2, 0) is 6.54 Å². The molecule has 3 aromatic heterocycles. The number of fused-ring (bicyclic) bond motifs is 1. The molecule has 0 saturated heterocycles. The second kappa shape index (κ2) is 7.35. The van der Waals surface area contributed by atoms with Crippen LogP contribution in [0.25, 0.3) is 33.7 Å². The van der Waals surface area contributed by atoms with Gasteiger partial charge in [-0.1, -0.05) is 35.0 Å². The monoisotopic (exact) mass is 423 g/mol. The van der Waals surface area contributed by atoms with Crippen LogP contribution in [-0.4, -0.2) is 15.1 Å². The Labute approximate surface area is 174 Å². The first-order valence-corrected chi connectivity index (χ1v) is 9.49. The fourth-order valence-electron chi connectivity index (χ4n) is 3.24. The SMILES string of the molecule is Fc1cccc(-c2nc3cc[n+](Cc4cc(-c5ccc(Cl)cc5)no4)cc3[nH]2)c1F. The summed E-state index contributed by atoms with van der Waals surface area (Å²) in [4.78, 5) is 7.41. The minimum Gasteiger partial charge on any atom is -0.354 e. The molecule has 5 nitrogen and oxygen atoms in total. The van der Waals surface area contributed by atoms with Gasteiger partial charge in [-0.3, -0.25) is 0 Å². The summed E-state index contributed by atoms with van der Waals surface area (Å²) in [6, 6.07) is 15.0. The Hall–Kier alpha value is -3.58. The molecule has 0 spiro atoms. The van der Waals surface area contributed by atoms with E-state index >= 15 is 0 Å². The molecule has 1 N–H and O–H groups in total. The molecule has 0 aliphatic carbocycles. The van der Waals surface area contributed by atoms with Crippen LogP contribution in [0, 0.1) is 11.6 Å². The molecular weight excluding hydrogens is 410 g/mol. The van der Waals surface area contributed by atoms with Crippen molar-refractivity contribution in [2.24, 2.45) is 0 Å². The van der Waals surface area contributed by atoms with E-state index in [-0.39, 0.29) is 11.4 Å². The molecule has 0 fully saturated rings. The van der Waals surface area contributed by atoms with Gasteiger partial charge >= 0.3 is 0 Å². The quantitative estimate of drug-likeness (QED) is 0.406. The maximum Gasteiger partial charge on any atom is 0.208 e. The molecule has 0 bridgehead atoms. The van der Waals surface area contributed by atoms with E-state index in [1.807, 2.05) is 35.2 Å². The Kier molecular flexibility index (Phi) is 4.52. The molecule has 3 heterocycles. The number of benzene rings is 2. The number of halogens is 3. The molecule has 0 unspecified atom stereocenters. The normalized spacial score (nSPS) is 11.3. The number of aromatic nitrogens is 4. The zero-order valence-electron chi connectivity index (χ0n) is 15.4. The summed E-state index contributed by atoms with van der Waals surface area (Å²) in [5.41, 5.74) is 3.04. The van der Waals surface area contributed by atoms with Crippen molar-refractivity contribution in [1.29, 1.82) is 0 Å². The maximum absolute atomic E-state index is 14.1. The smallest absolute Gasteiger partial charge is 0.208 e. The minimum atomic E-state index is -0.930. The van der Waals surface area contributed by atoms with Crippen molar-refractivity contribution in [3.05, 3.63) is 89.4 Å². The zero-order chi connectivity index (χ0) is 20.7. The van der Waals surface area contributed by atoms with Crippen molar-refractivity contribution in [1.82, 2.24) is 15.1 Å². The molecule has 5 aromatic rings. The Bertz CT molecular complexity index is 1360. The number of hydrogen-bond acceptors (Lipinski definition) is 3. The fourth-order valence-corrected chi connectivity index (χ4v) is 3.36. The molecule has 0 aliphatic rings. The number of H-pyrrole nitrogens is 1. The Morgan fingerprint density at radius 3 is 2.73 bits per heavy atom. The van der Waals surface area contributed by atoms with Crippen LogP contribution in [0.1, 0.15) is 5.76 Å². The predicted molar refractivity (Wildman–Crippen MR) is 108 cm³/mol. The van der Waals surface area contributed by atoms with Gasteiger partial charge in [0.1, 0.15) is 22.6 Å². The van der Waals surface area contributed by atoms with Gasteiger partial charge in [-0.25, -0.2) is 13.8 Å². The van der Waals surface area contributed by atoms with E-state index in [9.17, 15) is 8.78 Å². The molecule has 148 valence electrons. The summed E-state index contributed by atoms with van der Waals surface area (Å²) in [7, 11) is 0. The minimum absolute atomic E-state index is 0.0839. The summed E-state index contributed by atoms with van der Waals surface area (Å²) in [6.45, 7) is 0.444. The number of nitrogens with zero attached hydrogens (tertiary/aromatic N) is 3. The van der Waals surface area contributed by atoms with E-state index in [4.69, 9.17) is 16.1 Å². The van der Waals surface area contributed by atoms with Crippen molar-refractivity contribution in [2.75, 3.05) is 0 Å². The highest BCUT2D eigenvalue weighted by Gasteiger charge is 2.16. The third-order valence-electron chi connectivity index (χ3n) is 4.72. The van der Waals surface area contributed by atoms with E-state index in [1.165, 1.54) is 12.1 Å². The third kappa shape index (κ3) is 3.44. The Morgan fingerprint density at radius 2 is 1.90 bits per heavy atom. The first kappa shape index (κ1) is 18.4. The van der Waals surface area contributed by atoms with Gasteiger partial charge in [0.2, 0.25) is 12.3 Å². The summed E-state index contributed by atoms with van der Waals surface area (Å²) in [5.74, 6) is -0.907. The van der Waals surface area contributed by atoms with Crippen LogP contribution in [0.15, 0.2) is 71.5 Å². The highest BCUT2D eigenvalue weighted by atomic mass is 35.5. The molecule has 0 amide bonds. The highest BCUT2D eigenvalue weighted by molar-refractivity contribution is 6.30. The number of hydrogen-bond donors (Lipinski definition) is 1. The highest BCUT2D eigenvalue weighted by Crippen LogP contribution is 2.24. The van der Waals surface area contributed by atoms with Gasteiger partial charge in [-0.15, -0.1) is 0 Å². The Morgan fingerprint density at radius 1 is 1.07 bits per heavy atom. The average Bonchev–Trinajstić information content (AvgIpc) is 3.37. The van der Waals surface area contributed by atoms with E-state index in [1.54, 1.807) is 18.2 Å². The summed E-state index contributed by atoms with van der Waals surface area (Å²) >= 11 is 5.92. The summed E-state index contributed by atoms with van der Waals surface area (Å²) in [5, 5.41) is 4.76. The van der Waals surface area contributed by atoms with Crippen molar-refractivity contribution in [2.45, 2.75) is 6.54 Å². The number of nitrogens with one attached hydrogen (secondary N) is 1. The van der Waals surface area contributed by atoms with Gasteiger partial charge in [-0.2, -0.15) is 4.57 Å². The van der Waals surface area contributed by atoms with Crippen LogP contribution in [0.3, 0.4) is 0 Å². The lowest BCUT2D eigenvalue weighted by Gasteiger charge is -1.99. The van der Waals surface area contributed by atoms with Crippen LogP contribution in [0.4, 0.5) is 8.78 Å². The van der Waals surface area contributed by atoms with Crippen LogP contribution in [0.5, 0.6) is 0 Å². The van der Waals surface area contributed by atoms with E-state index in [0.717, 1.165) is 11.6 Å². The number of aromatic amines is 1. The van der Waals surface area contributed by atoms with Gasteiger partial charge in [-0.05, 0) is 24.3 Å². The molecule has 0 radical (unpaired) electrons. The van der Waals surface area contributed by atoms with Gasteiger partial charge in [0.05, 0.1) is 5.56 Å². The molecular formula is C22H14ClF2N4O+. The van der Waals surface area contributed by atoms with Gasteiger partial charge < -0.3 is 9.51 Å². The Balaban J connectivity index is 1.42. The average molecular weight is 424 g/mol. The number of pyridine rings is 1.